The molecule has 0 bridgehead atoms. The standard InChI is InChI=1S/C8H15N3/c1-9-5-7-3-4-11-6-8(7)10-2/h5,9,11H,3-4,6H2,1-2H3/b7-5-,10-8-. The van der Waals surface area contributed by atoms with Crippen LogP contribution in [0.1, 0.15) is 6.42 Å². The monoisotopic (exact) mass is 153 g/mol. The van der Waals surface area contributed by atoms with Gasteiger partial charge in [0.1, 0.15) is 0 Å². The zero-order chi connectivity index (χ0) is 8.10. The van der Waals surface area contributed by atoms with Crippen LogP contribution in [0.5, 0.6) is 0 Å². The lowest BCUT2D eigenvalue weighted by molar-refractivity contribution is 0.727. The van der Waals surface area contributed by atoms with Crippen LogP contribution in [-0.2, 0) is 0 Å². The summed E-state index contributed by atoms with van der Waals surface area (Å²) < 4.78 is 0. The van der Waals surface area contributed by atoms with Crippen LogP contribution in [0, 0.1) is 0 Å². The largest absolute Gasteiger partial charge is 0.394 e. The van der Waals surface area contributed by atoms with Crippen LogP contribution < -0.4 is 10.6 Å². The molecule has 0 aromatic heterocycles. The number of hydrogen-bond acceptors (Lipinski definition) is 3. The third-order valence-electron chi connectivity index (χ3n) is 1.82. The van der Waals surface area contributed by atoms with Gasteiger partial charge in [-0.3, -0.25) is 4.99 Å². The van der Waals surface area contributed by atoms with Gasteiger partial charge in [0.05, 0.1) is 5.71 Å². The lowest BCUT2D eigenvalue weighted by Crippen LogP contribution is -2.32. The number of aliphatic imine (C=N–C) groups is 1. The number of nitrogens with one attached hydrogen (secondary N) is 2. The van der Waals surface area contributed by atoms with Crippen LogP contribution in [0.25, 0.3) is 0 Å². The highest BCUT2D eigenvalue weighted by Crippen LogP contribution is 2.06. The maximum absolute atomic E-state index is 4.19. The molecule has 1 rings (SSSR count). The smallest absolute Gasteiger partial charge is 0.0529 e. The molecule has 0 unspecified atom stereocenters. The fourth-order valence-corrected chi connectivity index (χ4v) is 1.24. The zero-order valence-corrected chi connectivity index (χ0v) is 7.15. The highest BCUT2D eigenvalue weighted by atomic mass is 14.9. The van der Waals surface area contributed by atoms with E-state index in [1.54, 1.807) is 0 Å². The summed E-state index contributed by atoms with van der Waals surface area (Å²) in [5.41, 5.74) is 2.50. The first-order valence-electron chi connectivity index (χ1n) is 3.91. The summed E-state index contributed by atoms with van der Waals surface area (Å²) in [6, 6.07) is 0. The lowest BCUT2D eigenvalue weighted by Gasteiger charge is -2.17. The molecule has 1 fully saturated rings. The zero-order valence-electron chi connectivity index (χ0n) is 7.15. The van der Waals surface area contributed by atoms with E-state index in [4.69, 9.17) is 0 Å². The maximum atomic E-state index is 4.19. The Hall–Kier alpha value is -0.830. The minimum atomic E-state index is 0.907. The third-order valence-corrected chi connectivity index (χ3v) is 1.82. The van der Waals surface area contributed by atoms with E-state index in [0.29, 0.717) is 0 Å². The van der Waals surface area contributed by atoms with E-state index in [2.05, 4.69) is 15.6 Å². The van der Waals surface area contributed by atoms with Gasteiger partial charge in [0.15, 0.2) is 0 Å². The van der Waals surface area contributed by atoms with Crippen molar-refractivity contribution in [2.75, 3.05) is 27.2 Å². The second-order valence-corrected chi connectivity index (χ2v) is 2.56. The minimum Gasteiger partial charge on any atom is -0.394 e. The second kappa shape index (κ2) is 4.13. The Morgan fingerprint density at radius 3 is 3.09 bits per heavy atom. The second-order valence-electron chi connectivity index (χ2n) is 2.56. The Bertz CT molecular complexity index is 182. The Kier molecular flexibility index (Phi) is 3.11. The molecule has 0 aromatic rings. The Morgan fingerprint density at radius 1 is 1.64 bits per heavy atom. The fourth-order valence-electron chi connectivity index (χ4n) is 1.24. The van der Waals surface area contributed by atoms with Gasteiger partial charge in [0, 0.05) is 26.8 Å². The predicted octanol–water partition coefficient (Wildman–Crippen LogP) is 0.154. The van der Waals surface area contributed by atoms with Gasteiger partial charge in [-0.15, -0.1) is 0 Å². The molecule has 1 saturated heterocycles. The average Bonchev–Trinajstić information content (AvgIpc) is 2.06. The van der Waals surface area contributed by atoms with E-state index >= 15 is 0 Å². The quantitative estimate of drug-likeness (QED) is 0.563. The van der Waals surface area contributed by atoms with Gasteiger partial charge < -0.3 is 10.6 Å². The van der Waals surface area contributed by atoms with Gasteiger partial charge in [-0.25, -0.2) is 0 Å². The summed E-state index contributed by atoms with van der Waals surface area (Å²) in [7, 11) is 3.76. The van der Waals surface area contributed by atoms with Crippen LogP contribution in [0.2, 0.25) is 0 Å². The van der Waals surface area contributed by atoms with Crippen molar-refractivity contribution in [2.24, 2.45) is 4.99 Å². The molecule has 0 aliphatic carbocycles. The van der Waals surface area contributed by atoms with Crippen molar-refractivity contribution in [3.8, 4) is 0 Å². The summed E-state index contributed by atoms with van der Waals surface area (Å²) in [6.07, 6.45) is 3.11. The van der Waals surface area contributed by atoms with Gasteiger partial charge in [-0.1, -0.05) is 0 Å². The summed E-state index contributed by atoms with van der Waals surface area (Å²) in [5.74, 6) is 0. The molecule has 1 aliphatic heterocycles. The van der Waals surface area contributed by atoms with Crippen LogP contribution >= 0.6 is 0 Å². The van der Waals surface area contributed by atoms with Gasteiger partial charge in [0.25, 0.3) is 0 Å². The Labute approximate surface area is 67.6 Å². The van der Waals surface area contributed by atoms with Crippen LogP contribution in [0.4, 0.5) is 0 Å². The first-order chi connectivity index (χ1) is 5.38. The van der Waals surface area contributed by atoms with E-state index < -0.39 is 0 Å². The van der Waals surface area contributed by atoms with Gasteiger partial charge in [-0.2, -0.15) is 0 Å². The molecule has 0 atom stereocenters. The number of rotatable bonds is 1. The van der Waals surface area contributed by atoms with Crippen molar-refractivity contribution in [2.45, 2.75) is 6.42 Å². The van der Waals surface area contributed by atoms with E-state index in [1.165, 1.54) is 11.3 Å². The molecular weight excluding hydrogens is 138 g/mol. The van der Waals surface area contributed by atoms with Crippen molar-refractivity contribution in [3.63, 3.8) is 0 Å². The molecular formula is C8H15N3. The molecule has 11 heavy (non-hydrogen) atoms. The van der Waals surface area contributed by atoms with Gasteiger partial charge in [0.2, 0.25) is 0 Å². The van der Waals surface area contributed by atoms with Gasteiger partial charge in [-0.05, 0) is 18.5 Å². The Morgan fingerprint density at radius 2 is 2.45 bits per heavy atom. The summed E-state index contributed by atoms with van der Waals surface area (Å²) in [4.78, 5) is 4.19. The number of hydrogen-bond donors (Lipinski definition) is 2. The number of piperidine rings is 1. The van der Waals surface area contributed by atoms with E-state index in [0.717, 1.165) is 19.5 Å². The molecule has 3 heteroatoms. The molecule has 1 heterocycles. The maximum Gasteiger partial charge on any atom is 0.0529 e. The fraction of sp³-hybridized carbons (Fsp3) is 0.625. The molecule has 0 aromatic carbocycles. The lowest BCUT2D eigenvalue weighted by atomic mass is 10.0. The van der Waals surface area contributed by atoms with E-state index in [9.17, 15) is 0 Å². The van der Waals surface area contributed by atoms with Crippen LogP contribution in [0.3, 0.4) is 0 Å². The molecule has 2 N–H and O–H groups in total. The van der Waals surface area contributed by atoms with Gasteiger partial charge >= 0.3 is 0 Å². The first kappa shape index (κ1) is 8.27. The van der Waals surface area contributed by atoms with E-state index in [1.807, 2.05) is 20.3 Å². The molecule has 0 spiro atoms. The normalized spacial score (nSPS) is 26.0. The van der Waals surface area contributed by atoms with Crippen LogP contribution in [-0.4, -0.2) is 32.9 Å². The summed E-state index contributed by atoms with van der Waals surface area (Å²) in [6.45, 7) is 1.97. The summed E-state index contributed by atoms with van der Waals surface area (Å²) in [5, 5.41) is 6.31. The average molecular weight is 153 g/mol. The topological polar surface area (TPSA) is 36.4 Å². The highest BCUT2D eigenvalue weighted by Gasteiger charge is 2.10. The molecule has 1 aliphatic rings. The molecule has 0 saturated carbocycles. The third kappa shape index (κ3) is 2.05. The molecule has 3 nitrogen and oxygen atoms in total. The van der Waals surface area contributed by atoms with Crippen LogP contribution in [0.15, 0.2) is 16.8 Å². The molecule has 0 radical (unpaired) electrons. The molecule has 62 valence electrons. The molecule has 0 amide bonds. The van der Waals surface area contributed by atoms with Crippen molar-refractivity contribution < 1.29 is 0 Å². The van der Waals surface area contributed by atoms with E-state index in [-0.39, 0.29) is 0 Å². The van der Waals surface area contributed by atoms with Crippen molar-refractivity contribution >= 4 is 5.71 Å². The first-order valence-corrected chi connectivity index (χ1v) is 3.91. The summed E-state index contributed by atoms with van der Waals surface area (Å²) >= 11 is 0. The van der Waals surface area contributed by atoms with Crippen molar-refractivity contribution in [1.29, 1.82) is 0 Å². The SMILES string of the molecule is C/N=C1/CNCC/C1=C/NC. The highest BCUT2D eigenvalue weighted by molar-refractivity contribution is 6.02. The Balaban J connectivity index is 2.67. The van der Waals surface area contributed by atoms with Crippen molar-refractivity contribution in [3.05, 3.63) is 11.8 Å². The number of nitrogens with zero attached hydrogens (tertiary/aromatic N) is 1. The van der Waals surface area contributed by atoms with Crippen molar-refractivity contribution in [1.82, 2.24) is 10.6 Å². The minimum absolute atomic E-state index is 0.907. The predicted molar refractivity (Wildman–Crippen MR) is 48.0 cm³/mol.